The molecule has 0 radical (unpaired) electrons. The Kier molecular flexibility index (Phi) is 6.05. The molecule has 4 aromatic rings. The van der Waals surface area contributed by atoms with E-state index in [1.54, 1.807) is 42.5 Å². The van der Waals surface area contributed by atoms with Crippen molar-refractivity contribution in [1.82, 2.24) is 24.7 Å². The van der Waals surface area contributed by atoms with Crippen molar-refractivity contribution < 1.29 is 23.4 Å². The number of benzene rings is 1. The Morgan fingerprint density at radius 1 is 1.06 bits per heavy atom. The largest absolute Gasteiger partial charge is 0.493 e. The minimum Gasteiger partial charge on any atom is -0.493 e. The maximum Gasteiger partial charge on any atom is 0.191 e. The summed E-state index contributed by atoms with van der Waals surface area (Å²) in [6.45, 7) is 2.86. The standard InChI is InChI=1S/C23H24F2N6O3/c1-23(2,32)12-31(21-19(24)16(33-4)8-17(34-5)20(21)25)18-7-6-14-22(29-18)28-15(10-26-14)13-9-27-30(3)11-13/h6-11,32H,12H2,1-5H3. The van der Waals surface area contributed by atoms with E-state index in [0.29, 0.717) is 11.2 Å². The molecule has 0 bridgehead atoms. The average Bonchev–Trinajstić information content (AvgIpc) is 3.23. The number of halogens is 2. The maximum absolute atomic E-state index is 15.4. The first kappa shape index (κ1) is 23.3. The van der Waals surface area contributed by atoms with Gasteiger partial charge in [-0.05, 0) is 26.0 Å². The fourth-order valence-electron chi connectivity index (χ4n) is 3.50. The van der Waals surface area contributed by atoms with Gasteiger partial charge >= 0.3 is 0 Å². The van der Waals surface area contributed by atoms with Gasteiger partial charge in [0.05, 0.1) is 44.5 Å². The second-order valence-corrected chi connectivity index (χ2v) is 8.33. The van der Waals surface area contributed by atoms with Gasteiger partial charge in [0, 0.05) is 24.9 Å². The summed E-state index contributed by atoms with van der Waals surface area (Å²) in [6, 6.07) is 4.31. The quantitative estimate of drug-likeness (QED) is 0.437. The Morgan fingerprint density at radius 2 is 1.74 bits per heavy atom. The molecule has 0 aliphatic rings. The van der Waals surface area contributed by atoms with Gasteiger partial charge in [0.2, 0.25) is 0 Å². The number of methoxy groups -OCH3 is 2. The van der Waals surface area contributed by atoms with E-state index in [4.69, 9.17) is 9.47 Å². The molecule has 1 aromatic carbocycles. The number of nitrogens with zero attached hydrogens (tertiary/aromatic N) is 6. The molecule has 1 N–H and O–H groups in total. The average molecular weight is 470 g/mol. The van der Waals surface area contributed by atoms with E-state index in [-0.39, 0.29) is 29.5 Å². The van der Waals surface area contributed by atoms with Gasteiger partial charge in [0.1, 0.15) is 17.0 Å². The number of hydrogen-bond acceptors (Lipinski definition) is 8. The first-order valence-electron chi connectivity index (χ1n) is 10.3. The van der Waals surface area contributed by atoms with Gasteiger partial charge in [-0.3, -0.25) is 9.67 Å². The molecular formula is C23H24F2N6O3. The van der Waals surface area contributed by atoms with E-state index in [2.05, 4.69) is 20.1 Å². The SMILES string of the molecule is COc1cc(OC)c(F)c(N(CC(C)(C)O)c2ccc3ncc(-c4cnn(C)c4)nc3n2)c1F. The van der Waals surface area contributed by atoms with Crippen LogP contribution >= 0.6 is 0 Å². The zero-order chi connectivity index (χ0) is 24.6. The summed E-state index contributed by atoms with van der Waals surface area (Å²) in [5, 5.41) is 14.7. The number of aromatic nitrogens is 5. The Labute approximate surface area is 194 Å². The van der Waals surface area contributed by atoms with Crippen molar-refractivity contribution in [3.63, 3.8) is 0 Å². The first-order chi connectivity index (χ1) is 16.1. The number of rotatable bonds is 7. The maximum atomic E-state index is 15.4. The number of anilines is 2. The zero-order valence-electron chi connectivity index (χ0n) is 19.4. The van der Waals surface area contributed by atoms with Gasteiger partial charge in [-0.1, -0.05) is 0 Å². The number of hydrogen-bond donors (Lipinski definition) is 1. The van der Waals surface area contributed by atoms with Crippen LogP contribution in [0.3, 0.4) is 0 Å². The van der Waals surface area contributed by atoms with Crippen molar-refractivity contribution in [2.75, 3.05) is 25.7 Å². The molecule has 3 aromatic heterocycles. The first-order valence-corrected chi connectivity index (χ1v) is 10.3. The van der Waals surface area contributed by atoms with Crippen LogP contribution in [0.5, 0.6) is 11.5 Å². The van der Waals surface area contributed by atoms with Crippen LogP contribution in [0.2, 0.25) is 0 Å². The van der Waals surface area contributed by atoms with Gasteiger partial charge in [-0.2, -0.15) is 5.10 Å². The third-order valence-electron chi connectivity index (χ3n) is 5.03. The van der Waals surface area contributed by atoms with E-state index in [1.165, 1.54) is 33.0 Å². The van der Waals surface area contributed by atoms with Crippen LogP contribution in [0.1, 0.15) is 13.8 Å². The van der Waals surface area contributed by atoms with E-state index in [9.17, 15) is 5.11 Å². The topological polar surface area (TPSA) is 98.4 Å². The molecule has 0 fully saturated rings. The Balaban J connectivity index is 1.90. The zero-order valence-corrected chi connectivity index (χ0v) is 19.4. The molecule has 4 rings (SSSR count). The monoisotopic (exact) mass is 470 g/mol. The third-order valence-corrected chi connectivity index (χ3v) is 5.03. The fourth-order valence-corrected chi connectivity index (χ4v) is 3.50. The highest BCUT2D eigenvalue weighted by Gasteiger charge is 2.30. The minimum atomic E-state index is -1.34. The van der Waals surface area contributed by atoms with Crippen molar-refractivity contribution in [2.45, 2.75) is 19.4 Å². The van der Waals surface area contributed by atoms with Crippen LogP contribution in [0.25, 0.3) is 22.4 Å². The molecule has 178 valence electrons. The minimum absolute atomic E-state index is 0.153. The van der Waals surface area contributed by atoms with Gasteiger partial charge in [-0.15, -0.1) is 0 Å². The van der Waals surface area contributed by atoms with Crippen molar-refractivity contribution in [3.05, 3.63) is 48.4 Å². The van der Waals surface area contributed by atoms with Crippen LogP contribution in [-0.4, -0.2) is 56.2 Å². The van der Waals surface area contributed by atoms with Crippen LogP contribution < -0.4 is 14.4 Å². The molecule has 0 saturated heterocycles. The highest BCUT2D eigenvalue weighted by atomic mass is 19.1. The Hall–Kier alpha value is -3.86. The van der Waals surface area contributed by atoms with Gasteiger partial charge < -0.3 is 19.5 Å². The van der Waals surface area contributed by atoms with Crippen LogP contribution in [0.15, 0.2) is 36.8 Å². The number of pyridine rings is 1. The van der Waals surface area contributed by atoms with E-state index < -0.39 is 22.9 Å². The van der Waals surface area contributed by atoms with Gasteiger partial charge in [-0.25, -0.2) is 18.7 Å². The van der Waals surface area contributed by atoms with Crippen molar-refractivity contribution >= 4 is 22.7 Å². The number of ether oxygens (including phenoxy) is 2. The molecular weight excluding hydrogens is 446 g/mol. The summed E-state index contributed by atoms with van der Waals surface area (Å²) in [6.07, 6.45) is 5.03. The lowest BCUT2D eigenvalue weighted by Crippen LogP contribution is -2.37. The highest BCUT2D eigenvalue weighted by Crippen LogP contribution is 2.40. The summed E-state index contributed by atoms with van der Waals surface area (Å²) in [5.41, 5.74) is 0.224. The molecule has 0 aliphatic carbocycles. The van der Waals surface area contributed by atoms with E-state index in [0.717, 1.165) is 11.6 Å². The lowest BCUT2D eigenvalue weighted by atomic mass is 10.1. The molecule has 0 atom stereocenters. The summed E-state index contributed by atoms with van der Waals surface area (Å²) >= 11 is 0. The molecule has 9 nitrogen and oxygen atoms in total. The predicted octanol–water partition coefficient (Wildman–Crippen LogP) is 3.63. The smallest absolute Gasteiger partial charge is 0.191 e. The molecule has 0 unspecified atom stereocenters. The second kappa shape index (κ2) is 8.82. The molecule has 3 heterocycles. The summed E-state index contributed by atoms with van der Waals surface area (Å²) in [7, 11) is 4.32. The third kappa shape index (κ3) is 4.46. The number of aliphatic hydroxyl groups is 1. The van der Waals surface area contributed by atoms with Crippen molar-refractivity contribution in [3.8, 4) is 22.8 Å². The second-order valence-electron chi connectivity index (χ2n) is 8.33. The summed E-state index contributed by atoms with van der Waals surface area (Å²) in [4.78, 5) is 14.7. The normalized spacial score (nSPS) is 11.6. The molecule has 11 heteroatoms. The fraction of sp³-hybridized carbons (Fsp3) is 0.304. The molecule has 0 saturated carbocycles. The summed E-state index contributed by atoms with van der Waals surface area (Å²) < 4.78 is 42.5. The van der Waals surface area contributed by atoms with Gasteiger partial charge in [0.25, 0.3) is 0 Å². The lowest BCUT2D eigenvalue weighted by Gasteiger charge is -2.31. The van der Waals surface area contributed by atoms with E-state index >= 15 is 8.78 Å². The highest BCUT2D eigenvalue weighted by molar-refractivity contribution is 5.77. The van der Waals surface area contributed by atoms with Crippen LogP contribution in [-0.2, 0) is 7.05 Å². The van der Waals surface area contributed by atoms with Gasteiger partial charge in [0.15, 0.2) is 28.8 Å². The molecule has 0 spiro atoms. The van der Waals surface area contributed by atoms with E-state index in [1.807, 2.05) is 0 Å². The molecule has 0 aliphatic heterocycles. The molecule has 34 heavy (non-hydrogen) atoms. The number of fused-ring (bicyclic) bond motifs is 1. The van der Waals surface area contributed by atoms with Crippen LogP contribution in [0.4, 0.5) is 20.3 Å². The lowest BCUT2D eigenvalue weighted by molar-refractivity contribution is 0.0894. The summed E-state index contributed by atoms with van der Waals surface area (Å²) in [5.74, 6) is -2.19. The molecule has 0 amide bonds. The van der Waals surface area contributed by atoms with Crippen LogP contribution in [0, 0.1) is 11.6 Å². The Bertz CT molecular complexity index is 1320. The van der Waals surface area contributed by atoms with Crippen molar-refractivity contribution in [1.29, 1.82) is 0 Å². The number of aryl methyl sites for hydroxylation is 1. The Morgan fingerprint density at radius 3 is 2.29 bits per heavy atom. The predicted molar refractivity (Wildman–Crippen MR) is 122 cm³/mol. The van der Waals surface area contributed by atoms with Crippen molar-refractivity contribution in [2.24, 2.45) is 7.05 Å².